The van der Waals surface area contributed by atoms with Crippen molar-refractivity contribution in [2.24, 2.45) is 5.92 Å². The van der Waals surface area contributed by atoms with Crippen LogP contribution in [0.3, 0.4) is 0 Å². The number of aryl methyl sites for hydroxylation is 1. The minimum atomic E-state index is -0.648. The molecule has 0 bridgehead atoms. The first-order valence-corrected chi connectivity index (χ1v) is 19.9. The van der Waals surface area contributed by atoms with E-state index in [1.807, 2.05) is 59.6 Å². The van der Waals surface area contributed by atoms with Gasteiger partial charge < -0.3 is 42.9 Å². The van der Waals surface area contributed by atoms with Crippen LogP contribution in [0.25, 0.3) is 10.9 Å². The van der Waals surface area contributed by atoms with Crippen molar-refractivity contribution in [1.29, 1.82) is 0 Å². The molecule has 4 saturated heterocycles. The van der Waals surface area contributed by atoms with Crippen LogP contribution in [0.5, 0.6) is 0 Å². The number of nitrogens with one attached hydrogen (secondary N) is 1. The van der Waals surface area contributed by atoms with Gasteiger partial charge in [-0.2, -0.15) is 0 Å². The maximum Gasteiger partial charge on any atom is 0.494 e. The fourth-order valence-electron chi connectivity index (χ4n) is 7.77. The lowest BCUT2D eigenvalue weighted by atomic mass is 9.49. The van der Waals surface area contributed by atoms with Gasteiger partial charge in [0.15, 0.2) is 0 Å². The number of carbonyl (C=O) groups excluding carboxylic acids is 1. The highest BCUT2D eigenvalue weighted by atomic mass is 16.7. The van der Waals surface area contributed by atoms with Gasteiger partial charge in [-0.1, -0.05) is 19.1 Å². The van der Waals surface area contributed by atoms with Gasteiger partial charge in [-0.05, 0) is 139 Å². The van der Waals surface area contributed by atoms with Gasteiger partial charge in [0.05, 0.1) is 39.1 Å². The molecule has 2 aromatic rings. The lowest BCUT2D eigenvalue weighted by Gasteiger charge is -2.42. The van der Waals surface area contributed by atoms with Gasteiger partial charge in [-0.25, -0.2) is 14.8 Å². The Kier molecular flexibility index (Phi) is 10.8. The molecule has 4 fully saturated rings. The van der Waals surface area contributed by atoms with E-state index in [0.29, 0.717) is 31.9 Å². The number of aromatic nitrogens is 2. The summed E-state index contributed by atoms with van der Waals surface area (Å²) >= 11 is 0. The molecule has 296 valence electrons. The van der Waals surface area contributed by atoms with Crippen LogP contribution in [0, 0.1) is 5.92 Å². The number of nitrogens with zero attached hydrogens (tertiary/aromatic N) is 3. The van der Waals surface area contributed by atoms with Crippen molar-refractivity contribution in [2.75, 3.05) is 25.0 Å². The second kappa shape index (κ2) is 14.2. The smallest absolute Gasteiger partial charge is 0.444 e. The molecule has 4 aliphatic heterocycles. The van der Waals surface area contributed by atoms with Crippen LogP contribution in [0.4, 0.5) is 10.7 Å². The second-order valence-corrected chi connectivity index (χ2v) is 19.3. The van der Waals surface area contributed by atoms with Crippen LogP contribution >= 0.6 is 0 Å². The zero-order valence-corrected chi connectivity index (χ0v) is 35.3. The van der Waals surface area contributed by atoms with Gasteiger partial charge >= 0.3 is 27.2 Å². The first-order chi connectivity index (χ1) is 24.9. The van der Waals surface area contributed by atoms with E-state index in [4.69, 9.17) is 37.6 Å². The zero-order chi connectivity index (χ0) is 39.7. The van der Waals surface area contributed by atoms with E-state index in [1.54, 1.807) is 0 Å². The second-order valence-electron chi connectivity index (χ2n) is 19.3. The number of piperidine rings is 1. The number of ether oxygens (including phenoxy) is 1. The molecule has 5 heterocycles. The van der Waals surface area contributed by atoms with Crippen LogP contribution in [0.2, 0.25) is 0 Å². The summed E-state index contributed by atoms with van der Waals surface area (Å²) in [6.07, 6.45) is 5.73. The Bertz CT molecular complexity index is 1700. The van der Waals surface area contributed by atoms with Gasteiger partial charge in [-0.3, -0.25) is 0 Å². The topological polar surface area (TPSA) is 123 Å². The number of hydrogen-bond donors (Lipinski definition) is 1. The summed E-state index contributed by atoms with van der Waals surface area (Å²) < 4.78 is 45.0. The first kappa shape index (κ1) is 41.2. The molecule has 4 aliphatic rings. The SMILES string of the molecule is CCc1cc(B2OC(C)(C)C(C)(CCC3(C)OB(B4OC(C)(C)C(C)(C)O4)OC3(C)C)O2)cc2cnc(NC[C@@H]3CCCN(C(=O)OC(C)(C)C)C3)nc12. The monoisotopic (exact) mass is 748 g/mol. The molecule has 0 radical (unpaired) electrons. The highest BCUT2D eigenvalue weighted by Gasteiger charge is 2.65. The number of hydrogen-bond acceptors (Lipinski definition) is 11. The third-order valence-electron chi connectivity index (χ3n) is 12.8. The van der Waals surface area contributed by atoms with E-state index in [2.05, 4.69) is 70.9 Å². The highest BCUT2D eigenvalue weighted by molar-refractivity contribution is 7.11. The van der Waals surface area contributed by atoms with Gasteiger partial charge in [0.25, 0.3) is 0 Å². The molecule has 2 unspecified atom stereocenters. The standard InChI is InChI=1S/C39H63B3N4O8/c1-15-27-21-29(22-28-24-44-31(45-30(27)28)43-23-26-17-16-20-46(25-26)32(47)48-33(2,3)4)40-49-36(9,10)38(13,53-40)18-19-39(14)37(11,12)52-42(54-39)41-50-34(5,6)35(7,8)51-41/h21-22,24,26H,15-20,23,25H2,1-14H3,(H,43,44,45)/t26-,38?,39?/m0/s1. The third kappa shape index (κ3) is 8.05. The molecule has 1 N–H and O–H groups in total. The average molecular weight is 748 g/mol. The molecule has 54 heavy (non-hydrogen) atoms. The van der Waals surface area contributed by atoms with E-state index in [9.17, 15) is 4.79 Å². The molecule has 0 saturated carbocycles. The maximum absolute atomic E-state index is 12.7. The fourth-order valence-corrected chi connectivity index (χ4v) is 7.77. The molecule has 1 aromatic heterocycles. The lowest BCUT2D eigenvalue weighted by Crippen LogP contribution is -2.50. The van der Waals surface area contributed by atoms with Crippen molar-refractivity contribution < 1.29 is 37.5 Å². The largest absolute Gasteiger partial charge is 0.494 e. The number of benzene rings is 1. The summed E-state index contributed by atoms with van der Waals surface area (Å²) in [5.74, 6) is 0.863. The van der Waals surface area contributed by atoms with Crippen LogP contribution in [0.1, 0.15) is 128 Å². The first-order valence-electron chi connectivity index (χ1n) is 19.9. The predicted molar refractivity (Wildman–Crippen MR) is 214 cm³/mol. The highest BCUT2D eigenvalue weighted by Crippen LogP contribution is 2.48. The fraction of sp³-hybridized carbons (Fsp3) is 0.769. The van der Waals surface area contributed by atoms with Crippen LogP contribution in [-0.4, -0.2) is 101 Å². The van der Waals surface area contributed by atoms with Crippen molar-refractivity contribution in [3.05, 3.63) is 23.9 Å². The van der Waals surface area contributed by atoms with Crippen molar-refractivity contribution in [1.82, 2.24) is 14.9 Å². The Morgan fingerprint density at radius 3 is 2.09 bits per heavy atom. The van der Waals surface area contributed by atoms with Gasteiger partial charge in [0, 0.05) is 31.2 Å². The van der Waals surface area contributed by atoms with Crippen LogP contribution < -0.4 is 10.8 Å². The van der Waals surface area contributed by atoms with E-state index < -0.39 is 60.3 Å². The van der Waals surface area contributed by atoms with Crippen molar-refractivity contribution in [2.45, 2.75) is 168 Å². The van der Waals surface area contributed by atoms with Crippen LogP contribution in [-0.2, 0) is 39.1 Å². The Morgan fingerprint density at radius 1 is 0.870 bits per heavy atom. The molecular formula is C39H63B3N4O8. The quantitative estimate of drug-likeness (QED) is 0.281. The van der Waals surface area contributed by atoms with Crippen molar-refractivity contribution in [3.63, 3.8) is 0 Å². The zero-order valence-electron chi connectivity index (χ0n) is 35.3. The normalized spacial score (nSPS) is 29.0. The third-order valence-corrected chi connectivity index (χ3v) is 12.8. The number of carbonyl (C=O) groups is 1. The number of fused-ring (bicyclic) bond motifs is 1. The van der Waals surface area contributed by atoms with E-state index in [1.165, 1.54) is 0 Å². The van der Waals surface area contributed by atoms with E-state index >= 15 is 0 Å². The summed E-state index contributed by atoms with van der Waals surface area (Å²) in [6.45, 7) is 30.6. The molecule has 3 atom stereocenters. The average Bonchev–Trinajstić information content (AvgIpc) is 3.56. The minimum absolute atomic E-state index is 0.251. The van der Waals surface area contributed by atoms with E-state index in [-0.39, 0.29) is 12.0 Å². The Labute approximate surface area is 324 Å². The molecule has 15 heteroatoms. The summed E-state index contributed by atoms with van der Waals surface area (Å²) in [7, 11) is -1.83. The molecule has 12 nitrogen and oxygen atoms in total. The number of rotatable bonds is 9. The van der Waals surface area contributed by atoms with Crippen molar-refractivity contribution in [3.8, 4) is 0 Å². The Balaban J connectivity index is 1.11. The Hall–Kier alpha value is -2.42. The summed E-state index contributed by atoms with van der Waals surface area (Å²) in [4.78, 5) is 24.1. The van der Waals surface area contributed by atoms with E-state index in [0.717, 1.165) is 47.7 Å². The van der Waals surface area contributed by atoms with Gasteiger partial charge in [0.1, 0.15) is 5.60 Å². The molecule has 0 spiro atoms. The maximum atomic E-state index is 12.7. The summed E-state index contributed by atoms with van der Waals surface area (Å²) in [5, 5.41) is 4.38. The number of anilines is 1. The van der Waals surface area contributed by atoms with Crippen LogP contribution in [0.15, 0.2) is 18.3 Å². The molecule has 0 aliphatic carbocycles. The summed E-state index contributed by atoms with van der Waals surface area (Å²) in [5.41, 5.74) is -0.966. The molecule has 1 amide bonds. The van der Waals surface area contributed by atoms with Gasteiger partial charge in [0.2, 0.25) is 5.95 Å². The van der Waals surface area contributed by atoms with Crippen molar-refractivity contribution >= 4 is 49.5 Å². The number of amides is 1. The molecular weight excluding hydrogens is 685 g/mol. The summed E-state index contributed by atoms with van der Waals surface area (Å²) in [6, 6.07) is 4.23. The van der Waals surface area contributed by atoms with Gasteiger partial charge in [-0.15, -0.1) is 0 Å². The molecule has 1 aromatic carbocycles. The Morgan fingerprint density at radius 2 is 1.46 bits per heavy atom. The molecule has 6 rings (SSSR count). The number of likely N-dealkylation sites (tertiary alicyclic amines) is 1. The lowest BCUT2D eigenvalue weighted by molar-refractivity contribution is -0.0576. The minimum Gasteiger partial charge on any atom is -0.444 e. The predicted octanol–water partition coefficient (Wildman–Crippen LogP) is 6.55.